The summed E-state index contributed by atoms with van der Waals surface area (Å²) in [4.78, 5) is 25.2. The van der Waals surface area contributed by atoms with Crippen LogP contribution in [0.2, 0.25) is 5.02 Å². The molecule has 2 rings (SSSR count). The van der Waals surface area contributed by atoms with Gasteiger partial charge in [-0.1, -0.05) is 17.7 Å². The molecule has 0 saturated carbocycles. The first kappa shape index (κ1) is 15.6. The van der Waals surface area contributed by atoms with Gasteiger partial charge in [-0.3, -0.25) is 4.79 Å². The van der Waals surface area contributed by atoms with E-state index in [1.54, 1.807) is 18.2 Å². The fraction of sp³-hybridized carbons (Fsp3) is 0.467. The number of carboxylic acids is 1. The number of likely N-dealkylation sites (tertiary alicyclic amines) is 1. The van der Waals surface area contributed by atoms with E-state index in [2.05, 4.69) is 0 Å². The molecule has 0 spiro atoms. The van der Waals surface area contributed by atoms with Crippen LogP contribution in [0.15, 0.2) is 18.2 Å². The molecule has 1 fully saturated rings. The molecule has 5 nitrogen and oxygen atoms in total. The summed E-state index contributed by atoms with van der Waals surface area (Å²) in [6.07, 6.45) is 2.21. The maximum atomic E-state index is 12.5. The summed E-state index contributed by atoms with van der Waals surface area (Å²) in [7, 11) is 1.51. The van der Waals surface area contributed by atoms with Crippen molar-refractivity contribution in [3.63, 3.8) is 0 Å². The molecule has 0 radical (unpaired) electrons. The Hall–Kier alpha value is -1.75. The van der Waals surface area contributed by atoms with Crippen molar-refractivity contribution in [2.45, 2.75) is 31.7 Å². The highest BCUT2D eigenvalue weighted by Crippen LogP contribution is 2.28. The Morgan fingerprint density at radius 1 is 1.43 bits per heavy atom. The van der Waals surface area contributed by atoms with Crippen LogP contribution in [0.25, 0.3) is 0 Å². The van der Waals surface area contributed by atoms with E-state index >= 15 is 0 Å². The Bertz CT molecular complexity index is 546. The zero-order valence-electron chi connectivity index (χ0n) is 11.8. The number of hydrogen-bond acceptors (Lipinski definition) is 3. The molecule has 1 aromatic rings. The Morgan fingerprint density at radius 3 is 2.86 bits per heavy atom. The highest BCUT2D eigenvalue weighted by Gasteiger charge is 2.32. The predicted octanol–water partition coefficient (Wildman–Crippen LogP) is 2.36. The quantitative estimate of drug-likeness (QED) is 0.927. The van der Waals surface area contributed by atoms with Gasteiger partial charge < -0.3 is 14.7 Å². The number of amides is 1. The largest absolute Gasteiger partial charge is 0.496 e. The van der Waals surface area contributed by atoms with E-state index in [-0.39, 0.29) is 12.3 Å². The Kier molecular flexibility index (Phi) is 5.07. The third-order valence-electron chi connectivity index (χ3n) is 3.73. The molecule has 1 aliphatic heterocycles. The summed E-state index contributed by atoms with van der Waals surface area (Å²) >= 11 is 6.12. The number of carboxylic acid groups (broad SMARTS) is 1. The van der Waals surface area contributed by atoms with Gasteiger partial charge in [0.25, 0.3) is 0 Å². The minimum absolute atomic E-state index is 0.0482. The Balaban J connectivity index is 2.19. The predicted molar refractivity (Wildman–Crippen MR) is 78.7 cm³/mol. The monoisotopic (exact) mass is 311 g/mol. The first-order chi connectivity index (χ1) is 10.0. The van der Waals surface area contributed by atoms with Gasteiger partial charge in [-0.15, -0.1) is 0 Å². The van der Waals surface area contributed by atoms with Gasteiger partial charge in [0.2, 0.25) is 5.91 Å². The standard InChI is InChI=1S/C15H18ClNO4/c1-21-13-7-4-5-11(16)10(13)9-14(18)17-8-3-2-6-12(17)15(19)20/h4-5,7,12H,2-3,6,8-9H2,1H3,(H,19,20)/t12-/m1/s1. The van der Waals surface area contributed by atoms with Gasteiger partial charge >= 0.3 is 5.97 Å². The van der Waals surface area contributed by atoms with Gasteiger partial charge in [-0.2, -0.15) is 0 Å². The molecule has 1 aromatic carbocycles. The molecule has 1 atom stereocenters. The van der Waals surface area contributed by atoms with Crippen LogP contribution in [-0.4, -0.2) is 41.6 Å². The normalized spacial score (nSPS) is 18.4. The van der Waals surface area contributed by atoms with Crippen LogP contribution >= 0.6 is 11.6 Å². The molecule has 1 aliphatic rings. The van der Waals surface area contributed by atoms with Crippen molar-refractivity contribution in [3.05, 3.63) is 28.8 Å². The lowest BCUT2D eigenvalue weighted by atomic mass is 10.0. The van der Waals surface area contributed by atoms with E-state index in [1.165, 1.54) is 12.0 Å². The minimum Gasteiger partial charge on any atom is -0.496 e. The van der Waals surface area contributed by atoms with Crippen LogP contribution in [0.4, 0.5) is 0 Å². The molecule has 0 aliphatic carbocycles. The molecular weight excluding hydrogens is 294 g/mol. The smallest absolute Gasteiger partial charge is 0.326 e. The average molecular weight is 312 g/mol. The number of nitrogens with zero attached hydrogens (tertiary/aromatic N) is 1. The van der Waals surface area contributed by atoms with Gasteiger partial charge in [-0.05, 0) is 31.4 Å². The number of piperidine rings is 1. The van der Waals surface area contributed by atoms with Crippen LogP contribution in [0.1, 0.15) is 24.8 Å². The van der Waals surface area contributed by atoms with Gasteiger partial charge in [-0.25, -0.2) is 4.79 Å². The molecule has 0 bridgehead atoms. The SMILES string of the molecule is COc1cccc(Cl)c1CC(=O)N1CCCC[C@@H]1C(=O)O. The molecule has 1 heterocycles. The van der Waals surface area contributed by atoms with Crippen LogP contribution in [-0.2, 0) is 16.0 Å². The van der Waals surface area contributed by atoms with Crippen LogP contribution in [0.3, 0.4) is 0 Å². The lowest BCUT2D eigenvalue weighted by Gasteiger charge is -2.33. The van der Waals surface area contributed by atoms with Crippen molar-refractivity contribution in [1.82, 2.24) is 4.90 Å². The summed E-state index contributed by atoms with van der Waals surface area (Å²) in [6, 6.07) is 4.44. The first-order valence-electron chi connectivity index (χ1n) is 6.88. The zero-order chi connectivity index (χ0) is 15.4. The fourth-order valence-corrected chi connectivity index (χ4v) is 2.87. The van der Waals surface area contributed by atoms with Gasteiger partial charge in [0.1, 0.15) is 11.8 Å². The maximum absolute atomic E-state index is 12.5. The Labute approximate surface area is 128 Å². The van der Waals surface area contributed by atoms with E-state index < -0.39 is 12.0 Å². The van der Waals surface area contributed by atoms with Crippen LogP contribution in [0, 0.1) is 0 Å². The molecular formula is C15H18ClNO4. The van der Waals surface area contributed by atoms with Crippen molar-refractivity contribution < 1.29 is 19.4 Å². The Morgan fingerprint density at radius 2 is 2.19 bits per heavy atom. The summed E-state index contributed by atoms with van der Waals surface area (Å²) in [5.41, 5.74) is 0.598. The highest BCUT2D eigenvalue weighted by atomic mass is 35.5. The van der Waals surface area contributed by atoms with Gasteiger partial charge in [0, 0.05) is 17.1 Å². The van der Waals surface area contributed by atoms with E-state index in [0.717, 1.165) is 12.8 Å². The maximum Gasteiger partial charge on any atom is 0.326 e. The van der Waals surface area contributed by atoms with E-state index in [4.69, 9.17) is 16.3 Å². The average Bonchev–Trinajstić information content (AvgIpc) is 2.49. The first-order valence-corrected chi connectivity index (χ1v) is 7.26. The lowest BCUT2D eigenvalue weighted by Crippen LogP contribution is -2.48. The van der Waals surface area contributed by atoms with Crippen LogP contribution in [0.5, 0.6) is 5.75 Å². The molecule has 1 saturated heterocycles. The minimum atomic E-state index is -0.950. The number of hydrogen-bond donors (Lipinski definition) is 1. The molecule has 0 unspecified atom stereocenters. The van der Waals surface area contributed by atoms with Crippen molar-refractivity contribution in [1.29, 1.82) is 0 Å². The second-order valence-electron chi connectivity index (χ2n) is 5.03. The van der Waals surface area contributed by atoms with E-state index in [9.17, 15) is 14.7 Å². The second kappa shape index (κ2) is 6.80. The van der Waals surface area contributed by atoms with Crippen molar-refractivity contribution in [2.24, 2.45) is 0 Å². The summed E-state index contributed by atoms with van der Waals surface area (Å²) in [6.45, 7) is 0.475. The summed E-state index contributed by atoms with van der Waals surface area (Å²) in [5, 5.41) is 9.68. The summed E-state index contributed by atoms with van der Waals surface area (Å²) < 4.78 is 5.22. The number of methoxy groups -OCH3 is 1. The van der Waals surface area contributed by atoms with Crippen molar-refractivity contribution in [3.8, 4) is 5.75 Å². The number of rotatable bonds is 4. The number of ether oxygens (including phenoxy) is 1. The number of carbonyl (C=O) groups is 2. The molecule has 1 N–H and O–H groups in total. The number of carbonyl (C=O) groups excluding carboxylic acids is 1. The molecule has 114 valence electrons. The molecule has 21 heavy (non-hydrogen) atoms. The fourth-order valence-electron chi connectivity index (χ4n) is 2.64. The molecule has 0 aromatic heterocycles. The van der Waals surface area contributed by atoms with Gasteiger partial charge in [0.05, 0.1) is 13.5 Å². The summed E-state index contributed by atoms with van der Waals surface area (Å²) in [5.74, 6) is -0.637. The lowest BCUT2D eigenvalue weighted by molar-refractivity contribution is -0.151. The number of benzene rings is 1. The topological polar surface area (TPSA) is 66.8 Å². The second-order valence-corrected chi connectivity index (χ2v) is 5.44. The van der Waals surface area contributed by atoms with E-state index in [0.29, 0.717) is 29.3 Å². The van der Waals surface area contributed by atoms with E-state index in [1.807, 2.05) is 0 Å². The van der Waals surface area contributed by atoms with Gasteiger partial charge in [0.15, 0.2) is 0 Å². The third-order valence-corrected chi connectivity index (χ3v) is 4.09. The molecule has 6 heteroatoms. The molecule has 1 amide bonds. The third kappa shape index (κ3) is 3.47. The zero-order valence-corrected chi connectivity index (χ0v) is 12.6. The highest BCUT2D eigenvalue weighted by molar-refractivity contribution is 6.31. The number of halogens is 1. The van der Waals surface area contributed by atoms with Crippen molar-refractivity contribution >= 4 is 23.5 Å². The van der Waals surface area contributed by atoms with Crippen molar-refractivity contribution in [2.75, 3.05) is 13.7 Å². The van der Waals surface area contributed by atoms with Crippen LogP contribution < -0.4 is 4.74 Å². The number of aliphatic carboxylic acids is 1.